The first-order valence-corrected chi connectivity index (χ1v) is 6.88. The first-order chi connectivity index (χ1) is 9.06. The van der Waals surface area contributed by atoms with Crippen LogP contribution < -0.4 is 5.32 Å². The summed E-state index contributed by atoms with van der Waals surface area (Å²) in [7, 11) is 1.88. The number of amides is 1. The SMILES string of the molecule is Cc1ccc(C(=O)NCCc2ccn(C)n2)cc1Br. The van der Waals surface area contributed by atoms with Gasteiger partial charge in [0.2, 0.25) is 0 Å². The Labute approximate surface area is 120 Å². The number of rotatable bonds is 4. The number of hydrogen-bond donors (Lipinski definition) is 1. The second-order valence-electron chi connectivity index (χ2n) is 4.45. The summed E-state index contributed by atoms with van der Waals surface area (Å²) >= 11 is 3.43. The highest BCUT2D eigenvalue weighted by Crippen LogP contribution is 2.17. The van der Waals surface area contributed by atoms with Crippen LogP contribution in [0.1, 0.15) is 21.6 Å². The number of aryl methyl sites for hydroxylation is 2. The van der Waals surface area contributed by atoms with Gasteiger partial charge in [0.1, 0.15) is 0 Å². The lowest BCUT2D eigenvalue weighted by Crippen LogP contribution is -2.25. The molecule has 1 N–H and O–H groups in total. The van der Waals surface area contributed by atoms with E-state index in [1.165, 1.54) is 0 Å². The topological polar surface area (TPSA) is 46.9 Å². The van der Waals surface area contributed by atoms with Gasteiger partial charge in [0, 0.05) is 36.2 Å². The molecule has 0 fully saturated rings. The van der Waals surface area contributed by atoms with E-state index in [0.29, 0.717) is 12.1 Å². The molecule has 4 nitrogen and oxygen atoms in total. The molecule has 100 valence electrons. The predicted octanol–water partition coefficient (Wildman–Crippen LogP) is 2.46. The number of halogens is 1. The summed E-state index contributed by atoms with van der Waals surface area (Å²) in [6.07, 6.45) is 2.63. The smallest absolute Gasteiger partial charge is 0.251 e. The van der Waals surface area contributed by atoms with Gasteiger partial charge in [0.05, 0.1) is 5.69 Å². The summed E-state index contributed by atoms with van der Waals surface area (Å²) in [5.74, 6) is -0.0587. The van der Waals surface area contributed by atoms with Crippen LogP contribution in [0.4, 0.5) is 0 Å². The zero-order chi connectivity index (χ0) is 13.8. The van der Waals surface area contributed by atoms with Crippen LogP contribution in [0.5, 0.6) is 0 Å². The van der Waals surface area contributed by atoms with Gasteiger partial charge < -0.3 is 5.32 Å². The van der Waals surface area contributed by atoms with Gasteiger partial charge in [0.15, 0.2) is 0 Å². The van der Waals surface area contributed by atoms with E-state index in [2.05, 4.69) is 26.3 Å². The molecule has 0 aliphatic carbocycles. The molecule has 0 radical (unpaired) electrons. The van der Waals surface area contributed by atoms with E-state index >= 15 is 0 Å². The maximum atomic E-state index is 11.9. The summed E-state index contributed by atoms with van der Waals surface area (Å²) in [6, 6.07) is 7.55. The lowest BCUT2D eigenvalue weighted by atomic mass is 10.1. The van der Waals surface area contributed by atoms with Crippen LogP contribution in [0.25, 0.3) is 0 Å². The summed E-state index contributed by atoms with van der Waals surface area (Å²) < 4.78 is 2.71. The average Bonchev–Trinajstić information content (AvgIpc) is 2.78. The second-order valence-corrected chi connectivity index (χ2v) is 5.30. The molecule has 0 aliphatic heterocycles. The molecule has 0 saturated carbocycles. The Morgan fingerprint density at radius 3 is 2.84 bits per heavy atom. The Morgan fingerprint density at radius 2 is 2.21 bits per heavy atom. The highest BCUT2D eigenvalue weighted by Gasteiger charge is 2.07. The van der Waals surface area contributed by atoms with Crippen molar-refractivity contribution >= 4 is 21.8 Å². The summed E-state index contributed by atoms with van der Waals surface area (Å²) in [4.78, 5) is 11.9. The van der Waals surface area contributed by atoms with Crippen molar-refractivity contribution in [2.24, 2.45) is 7.05 Å². The van der Waals surface area contributed by atoms with Crippen LogP contribution in [-0.2, 0) is 13.5 Å². The van der Waals surface area contributed by atoms with Gasteiger partial charge >= 0.3 is 0 Å². The maximum Gasteiger partial charge on any atom is 0.251 e. The third kappa shape index (κ3) is 3.67. The van der Waals surface area contributed by atoms with E-state index in [4.69, 9.17) is 0 Å². The Morgan fingerprint density at radius 1 is 1.42 bits per heavy atom. The maximum absolute atomic E-state index is 11.9. The lowest BCUT2D eigenvalue weighted by molar-refractivity contribution is 0.0954. The van der Waals surface area contributed by atoms with Crippen molar-refractivity contribution in [2.75, 3.05) is 6.54 Å². The van der Waals surface area contributed by atoms with Crippen molar-refractivity contribution in [2.45, 2.75) is 13.3 Å². The van der Waals surface area contributed by atoms with E-state index < -0.39 is 0 Å². The fraction of sp³-hybridized carbons (Fsp3) is 0.286. The van der Waals surface area contributed by atoms with Crippen LogP contribution >= 0.6 is 15.9 Å². The Hall–Kier alpha value is -1.62. The molecule has 2 rings (SSSR count). The molecule has 2 aromatic rings. The summed E-state index contributed by atoms with van der Waals surface area (Å²) in [6.45, 7) is 2.58. The zero-order valence-corrected chi connectivity index (χ0v) is 12.6. The molecular formula is C14H16BrN3O. The van der Waals surface area contributed by atoms with Crippen molar-refractivity contribution in [3.63, 3.8) is 0 Å². The minimum Gasteiger partial charge on any atom is -0.352 e. The van der Waals surface area contributed by atoms with E-state index in [1.54, 1.807) is 4.68 Å². The molecule has 0 aliphatic rings. The monoisotopic (exact) mass is 321 g/mol. The van der Waals surface area contributed by atoms with E-state index in [0.717, 1.165) is 22.2 Å². The third-order valence-electron chi connectivity index (χ3n) is 2.87. The molecule has 0 unspecified atom stereocenters. The summed E-state index contributed by atoms with van der Waals surface area (Å²) in [5, 5.41) is 7.16. The molecular weight excluding hydrogens is 306 g/mol. The Balaban J connectivity index is 1.89. The van der Waals surface area contributed by atoms with Gasteiger partial charge in [-0.15, -0.1) is 0 Å². The minimum atomic E-state index is -0.0587. The van der Waals surface area contributed by atoms with Gasteiger partial charge in [-0.25, -0.2) is 0 Å². The van der Waals surface area contributed by atoms with Crippen molar-refractivity contribution in [3.8, 4) is 0 Å². The number of aromatic nitrogens is 2. The van der Waals surface area contributed by atoms with Crippen LogP contribution in [0, 0.1) is 6.92 Å². The lowest BCUT2D eigenvalue weighted by Gasteiger charge is -2.05. The molecule has 19 heavy (non-hydrogen) atoms. The van der Waals surface area contributed by atoms with Crippen molar-refractivity contribution in [3.05, 3.63) is 51.8 Å². The molecule has 1 heterocycles. The van der Waals surface area contributed by atoms with E-state index in [-0.39, 0.29) is 5.91 Å². The molecule has 0 spiro atoms. The second kappa shape index (κ2) is 6.02. The number of carbonyl (C=O) groups is 1. The fourth-order valence-electron chi connectivity index (χ4n) is 1.74. The molecule has 5 heteroatoms. The molecule has 1 aromatic heterocycles. The number of carbonyl (C=O) groups excluding carboxylic acids is 1. The Kier molecular flexibility index (Phi) is 4.37. The number of benzene rings is 1. The predicted molar refractivity (Wildman–Crippen MR) is 78.1 cm³/mol. The number of nitrogens with one attached hydrogen (secondary N) is 1. The van der Waals surface area contributed by atoms with Gasteiger partial charge in [-0.2, -0.15) is 5.10 Å². The third-order valence-corrected chi connectivity index (χ3v) is 3.72. The van der Waals surface area contributed by atoms with Crippen LogP contribution in [0.2, 0.25) is 0 Å². The van der Waals surface area contributed by atoms with Gasteiger partial charge in [-0.1, -0.05) is 22.0 Å². The Bertz CT molecular complexity index is 592. The van der Waals surface area contributed by atoms with Gasteiger partial charge in [-0.05, 0) is 30.7 Å². The minimum absolute atomic E-state index is 0.0587. The zero-order valence-electron chi connectivity index (χ0n) is 11.0. The quantitative estimate of drug-likeness (QED) is 0.940. The van der Waals surface area contributed by atoms with Crippen molar-refractivity contribution in [1.82, 2.24) is 15.1 Å². The van der Waals surface area contributed by atoms with Gasteiger partial charge in [-0.3, -0.25) is 9.48 Å². The molecule has 1 aromatic carbocycles. The highest BCUT2D eigenvalue weighted by atomic mass is 79.9. The standard InChI is InChI=1S/C14H16BrN3O/c1-10-3-4-11(9-13(10)15)14(19)16-7-5-12-6-8-18(2)17-12/h3-4,6,8-9H,5,7H2,1-2H3,(H,16,19). The normalized spacial score (nSPS) is 10.5. The molecule has 0 atom stereocenters. The fourth-order valence-corrected chi connectivity index (χ4v) is 2.12. The molecule has 0 saturated heterocycles. The largest absolute Gasteiger partial charge is 0.352 e. The van der Waals surface area contributed by atoms with Crippen LogP contribution in [0.3, 0.4) is 0 Å². The van der Waals surface area contributed by atoms with Crippen LogP contribution in [0.15, 0.2) is 34.9 Å². The first-order valence-electron chi connectivity index (χ1n) is 6.09. The molecule has 0 bridgehead atoms. The van der Waals surface area contributed by atoms with Gasteiger partial charge in [0.25, 0.3) is 5.91 Å². The number of hydrogen-bond acceptors (Lipinski definition) is 2. The highest BCUT2D eigenvalue weighted by molar-refractivity contribution is 9.10. The van der Waals surface area contributed by atoms with Crippen molar-refractivity contribution in [1.29, 1.82) is 0 Å². The number of nitrogens with zero attached hydrogens (tertiary/aromatic N) is 2. The van der Waals surface area contributed by atoms with Crippen LogP contribution in [-0.4, -0.2) is 22.2 Å². The van der Waals surface area contributed by atoms with Crippen molar-refractivity contribution < 1.29 is 4.79 Å². The average molecular weight is 322 g/mol. The van der Waals surface area contributed by atoms with E-state index in [1.807, 2.05) is 44.4 Å². The first kappa shape index (κ1) is 13.8. The summed E-state index contributed by atoms with van der Waals surface area (Å²) in [5.41, 5.74) is 2.76. The molecule has 1 amide bonds. The van der Waals surface area contributed by atoms with E-state index in [9.17, 15) is 4.79 Å².